The summed E-state index contributed by atoms with van der Waals surface area (Å²) in [6.07, 6.45) is 10.6. The number of carbonyl (C=O) groups excluding carboxylic acids is 2. The van der Waals surface area contributed by atoms with Crippen LogP contribution in [0.15, 0.2) is 109 Å². The number of fused-ring (bicyclic) bond motifs is 1. The maximum Gasteiger partial charge on any atom is 0.323 e. The molecular formula is C39H40N4O2. The van der Waals surface area contributed by atoms with E-state index in [0.717, 1.165) is 87.2 Å². The zero-order valence-electron chi connectivity index (χ0n) is 25.7. The highest BCUT2D eigenvalue weighted by Crippen LogP contribution is 2.40. The topological polar surface area (TPSA) is 55.9 Å². The summed E-state index contributed by atoms with van der Waals surface area (Å²) >= 11 is 0. The van der Waals surface area contributed by atoms with Gasteiger partial charge in [-0.25, -0.2) is 4.79 Å². The first-order valence-corrected chi connectivity index (χ1v) is 16.3. The lowest BCUT2D eigenvalue weighted by Crippen LogP contribution is -2.50. The van der Waals surface area contributed by atoms with Crippen LogP contribution in [0.1, 0.15) is 48.0 Å². The third-order valence-electron chi connectivity index (χ3n) is 10.2. The van der Waals surface area contributed by atoms with E-state index in [0.29, 0.717) is 0 Å². The molecule has 3 saturated heterocycles. The van der Waals surface area contributed by atoms with Gasteiger partial charge in [0.2, 0.25) is 0 Å². The quantitative estimate of drug-likeness (QED) is 0.329. The Balaban J connectivity index is 0.989. The Morgan fingerprint density at radius 2 is 1.58 bits per heavy atom. The number of benzene rings is 3. The van der Waals surface area contributed by atoms with Gasteiger partial charge in [-0.2, -0.15) is 0 Å². The summed E-state index contributed by atoms with van der Waals surface area (Å²) in [6, 6.07) is 29.2. The number of likely N-dealkylation sites (tertiary alicyclic amines) is 2. The minimum atomic E-state index is -0.167. The second-order valence-electron chi connectivity index (χ2n) is 12.7. The van der Waals surface area contributed by atoms with Gasteiger partial charge in [0.15, 0.2) is 0 Å². The van der Waals surface area contributed by atoms with E-state index < -0.39 is 0 Å². The molecule has 4 aliphatic rings. The Hall–Kier alpha value is -4.60. The Labute approximate surface area is 266 Å². The van der Waals surface area contributed by atoms with Crippen molar-refractivity contribution in [2.75, 3.05) is 32.7 Å². The summed E-state index contributed by atoms with van der Waals surface area (Å²) in [5.41, 5.74) is 5.26. The largest absolute Gasteiger partial charge is 0.339 e. The Morgan fingerprint density at radius 3 is 2.33 bits per heavy atom. The van der Waals surface area contributed by atoms with E-state index in [1.165, 1.54) is 5.56 Å². The molecule has 3 aliphatic heterocycles. The molecule has 45 heavy (non-hydrogen) atoms. The van der Waals surface area contributed by atoms with Gasteiger partial charge in [-0.05, 0) is 85.0 Å². The van der Waals surface area contributed by atoms with Gasteiger partial charge >= 0.3 is 6.03 Å². The second-order valence-corrected chi connectivity index (χ2v) is 12.7. The molecule has 7 rings (SSSR count). The number of allylic oxidation sites excluding steroid dienone is 3. The minimum Gasteiger partial charge on any atom is -0.339 e. The summed E-state index contributed by atoms with van der Waals surface area (Å²) < 4.78 is 0. The van der Waals surface area contributed by atoms with Crippen molar-refractivity contribution in [1.29, 1.82) is 0 Å². The van der Waals surface area contributed by atoms with Gasteiger partial charge in [0.1, 0.15) is 6.04 Å². The van der Waals surface area contributed by atoms with Crippen LogP contribution in [0.25, 0.3) is 11.1 Å². The standard InChI is InChI=1S/C39H40N4O2/c44-37(32-14-10-13-31(29-32)30-11-4-1-5-12-30)42-27-22-39(23-28-42,33-15-6-2-7-16-33)21-26-41-24-19-34(20-25-41)43-36-18-9-3-8-17-35(36)40-38(43)45/h1-8,10-17,29,34,36H,19-28H2,(H,40,45). The van der Waals surface area contributed by atoms with Gasteiger partial charge < -0.3 is 20.0 Å². The number of hydrogen-bond acceptors (Lipinski definition) is 3. The van der Waals surface area contributed by atoms with Crippen LogP contribution in [-0.2, 0) is 5.41 Å². The van der Waals surface area contributed by atoms with Crippen LogP contribution in [-0.4, -0.2) is 71.4 Å². The molecule has 228 valence electrons. The average Bonchev–Trinajstić information content (AvgIpc) is 3.25. The number of hydrogen-bond donors (Lipinski definition) is 1. The average molecular weight is 597 g/mol. The van der Waals surface area contributed by atoms with Crippen LogP contribution in [0.5, 0.6) is 0 Å². The smallest absolute Gasteiger partial charge is 0.323 e. The number of nitrogens with one attached hydrogen (secondary N) is 1. The molecule has 3 heterocycles. The molecule has 6 heteroatoms. The lowest BCUT2D eigenvalue weighted by molar-refractivity contribution is 0.0639. The molecule has 1 N–H and O–H groups in total. The number of rotatable bonds is 7. The van der Waals surface area contributed by atoms with Crippen molar-refractivity contribution in [2.45, 2.75) is 49.6 Å². The van der Waals surface area contributed by atoms with Crippen molar-refractivity contribution < 1.29 is 9.59 Å². The number of carbonyl (C=O) groups is 2. The fourth-order valence-electron chi connectivity index (χ4n) is 7.56. The van der Waals surface area contributed by atoms with Gasteiger partial charge in [-0.3, -0.25) is 4.79 Å². The van der Waals surface area contributed by atoms with Crippen molar-refractivity contribution in [3.63, 3.8) is 0 Å². The first-order chi connectivity index (χ1) is 22.1. The number of piperidine rings is 2. The number of nitrogens with zero attached hydrogens (tertiary/aromatic N) is 3. The predicted octanol–water partition coefficient (Wildman–Crippen LogP) is 6.23. The van der Waals surface area contributed by atoms with Crippen molar-refractivity contribution >= 4 is 11.9 Å². The van der Waals surface area contributed by atoms with Gasteiger partial charge in [-0.15, -0.1) is 0 Å². The third-order valence-corrected chi connectivity index (χ3v) is 10.2. The highest BCUT2D eigenvalue weighted by atomic mass is 16.2. The maximum atomic E-state index is 13.7. The summed E-state index contributed by atoms with van der Waals surface area (Å²) in [7, 11) is 0. The zero-order valence-corrected chi connectivity index (χ0v) is 25.7. The molecule has 3 amide bonds. The van der Waals surface area contributed by atoms with Crippen molar-refractivity contribution in [1.82, 2.24) is 20.0 Å². The molecule has 3 aromatic rings. The monoisotopic (exact) mass is 596 g/mol. The van der Waals surface area contributed by atoms with Gasteiger partial charge in [0.25, 0.3) is 5.91 Å². The van der Waals surface area contributed by atoms with E-state index in [9.17, 15) is 9.59 Å². The lowest BCUT2D eigenvalue weighted by Gasteiger charge is -2.44. The fraction of sp³-hybridized carbons (Fsp3) is 0.333. The van der Waals surface area contributed by atoms with Gasteiger partial charge in [0.05, 0.1) is 5.70 Å². The summed E-state index contributed by atoms with van der Waals surface area (Å²) in [5.74, 6) is 6.44. The Bertz CT molecular complexity index is 1650. The van der Waals surface area contributed by atoms with E-state index in [-0.39, 0.29) is 29.4 Å². The van der Waals surface area contributed by atoms with Crippen LogP contribution >= 0.6 is 0 Å². The van der Waals surface area contributed by atoms with Crippen LogP contribution in [0.2, 0.25) is 0 Å². The molecule has 1 unspecified atom stereocenters. The minimum absolute atomic E-state index is 0.0228. The summed E-state index contributed by atoms with van der Waals surface area (Å²) in [5, 5.41) is 3.03. The first kappa shape index (κ1) is 29.1. The van der Waals surface area contributed by atoms with E-state index in [2.05, 4.69) is 70.6 Å². The van der Waals surface area contributed by atoms with Crippen molar-refractivity contribution in [2.24, 2.45) is 0 Å². The van der Waals surface area contributed by atoms with Crippen LogP contribution in [0.4, 0.5) is 4.79 Å². The van der Waals surface area contributed by atoms with Crippen molar-refractivity contribution in [3.05, 3.63) is 120 Å². The van der Waals surface area contributed by atoms with E-state index in [1.807, 2.05) is 64.4 Å². The number of urea groups is 1. The number of amides is 3. The first-order valence-electron chi connectivity index (χ1n) is 16.3. The van der Waals surface area contributed by atoms with Gasteiger partial charge in [0, 0.05) is 37.8 Å². The molecule has 0 aromatic heterocycles. The summed E-state index contributed by atoms with van der Waals surface area (Å²) in [4.78, 5) is 33.1. The molecule has 3 aromatic carbocycles. The van der Waals surface area contributed by atoms with Crippen LogP contribution in [0.3, 0.4) is 0 Å². The lowest BCUT2D eigenvalue weighted by atomic mass is 9.70. The van der Waals surface area contributed by atoms with Crippen molar-refractivity contribution in [3.8, 4) is 23.0 Å². The van der Waals surface area contributed by atoms with E-state index in [1.54, 1.807) is 0 Å². The molecular weight excluding hydrogens is 556 g/mol. The third kappa shape index (κ3) is 6.06. The normalized spacial score (nSPS) is 21.3. The second kappa shape index (κ2) is 12.8. The molecule has 6 nitrogen and oxygen atoms in total. The van der Waals surface area contributed by atoms with E-state index in [4.69, 9.17) is 0 Å². The van der Waals surface area contributed by atoms with Crippen LogP contribution in [0, 0.1) is 11.8 Å². The summed E-state index contributed by atoms with van der Waals surface area (Å²) in [6.45, 7) is 4.46. The Morgan fingerprint density at radius 1 is 0.867 bits per heavy atom. The highest BCUT2D eigenvalue weighted by molar-refractivity contribution is 5.95. The highest BCUT2D eigenvalue weighted by Gasteiger charge is 2.41. The molecule has 1 atom stereocenters. The molecule has 3 fully saturated rings. The fourth-order valence-corrected chi connectivity index (χ4v) is 7.56. The molecule has 1 aliphatic carbocycles. The Kier molecular flexibility index (Phi) is 8.28. The predicted molar refractivity (Wildman–Crippen MR) is 178 cm³/mol. The molecule has 0 saturated carbocycles. The zero-order chi connectivity index (χ0) is 30.6. The molecule has 0 spiro atoms. The molecule has 0 radical (unpaired) electrons. The maximum absolute atomic E-state index is 13.7. The van der Waals surface area contributed by atoms with Crippen LogP contribution < -0.4 is 5.32 Å². The van der Waals surface area contributed by atoms with E-state index >= 15 is 0 Å². The molecule has 0 bridgehead atoms. The van der Waals surface area contributed by atoms with Gasteiger partial charge in [-0.1, -0.05) is 90.7 Å². The SMILES string of the molecule is O=C(c1cccc(-c2ccccc2)c1)N1CCC(CCN2CCC(N3C(=O)NC4=CC=CC#CC43)CC2)(c2ccccc2)CC1.